The number of aromatic amines is 1. The molecular formula is C17H16N6O. The van der Waals surface area contributed by atoms with E-state index in [1.165, 1.54) is 6.33 Å². The van der Waals surface area contributed by atoms with Gasteiger partial charge in [-0.2, -0.15) is 10.1 Å². The second kappa shape index (κ2) is 5.69. The molecule has 3 N–H and O–H groups in total. The zero-order valence-electron chi connectivity index (χ0n) is 13.0. The fourth-order valence-corrected chi connectivity index (χ4v) is 2.91. The molecular weight excluding hydrogens is 304 g/mol. The lowest BCUT2D eigenvalue weighted by atomic mass is 9.99. The summed E-state index contributed by atoms with van der Waals surface area (Å²) in [6.07, 6.45) is 3.31. The Labute approximate surface area is 138 Å². The van der Waals surface area contributed by atoms with Crippen LogP contribution < -0.4 is 10.6 Å². The van der Waals surface area contributed by atoms with Gasteiger partial charge in [0, 0.05) is 23.3 Å². The maximum Gasteiger partial charge on any atom is 0.255 e. The zero-order chi connectivity index (χ0) is 16.5. The summed E-state index contributed by atoms with van der Waals surface area (Å²) in [5, 5.41) is 10.4. The van der Waals surface area contributed by atoms with Crippen LogP contribution in [0, 0.1) is 0 Å². The SMILES string of the molecule is CC1=C(C(=O)Nc2ccccc2)[C@@H](c2ccc[nH]2)n2ncnc2N1. The predicted octanol–water partition coefficient (Wildman–Crippen LogP) is 2.53. The number of anilines is 2. The van der Waals surface area contributed by atoms with E-state index in [1.54, 1.807) is 4.68 Å². The largest absolute Gasteiger partial charge is 0.363 e. The van der Waals surface area contributed by atoms with Gasteiger partial charge in [-0.05, 0) is 31.2 Å². The number of H-pyrrole nitrogens is 1. The molecule has 120 valence electrons. The summed E-state index contributed by atoms with van der Waals surface area (Å²) in [7, 11) is 0. The molecule has 2 aromatic heterocycles. The van der Waals surface area contributed by atoms with Crippen molar-refractivity contribution in [2.45, 2.75) is 13.0 Å². The lowest BCUT2D eigenvalue weighted by molar-refractivity contribution is -0.113. The number of rotatable bonds is 3. The third kappa shape index (κ3) is 2.36. The van der Waals surface area contributed by atoms with Crippen LogP contribution in [-0.4, -0.2) is 25.7 Å². The van der Waals surface area contributed by atoms with Crippen molar-refractivity contribution >= 4 is 17.5 Å². The smallest absolute Gasteiger partial charge is 0.255 e. The molecule has 1 aliphatic heterocycles. The van der Waals surface area contributed by atoms with Gasteiger partial charge >= 0.3 is 0 Å². The van der Waals surface area contributed by atoms with Crippen molar-refractivity contribution in [3.05, 3.63) is 72.0 Å². The van der Waals surface area contributed by atoms with E-state index >= 15 is 0 Å². The van der Waals surface area contributed by atoms with Gasteiger partial charge in [-0.15, -0.1) is 0 Å². The normalized spacial score (nSPS) is 16.5. The summed E-state index contributed by atoms with van der Waals surface area (Å²) in [6, 6.07) is 12.9. The van der Waals surface area contributed by atoms with E-state index < -0.39 is 0 Å². The van der Waals surface area contributed by atoms with E-state index in [1.807, 2.05) is 55.6 Å². The van der Waals surface area contributed by atoms with Crippen molar-refractivity contribution in [3.63, 3.8) is 0 Å². The topological polar surface area (TPSA) is 87.6 Å². The van der Waals surface area contributed by atoms with Crippen molar-refractivity contribution in [2.24, 2.45) is 0 Å². The van der Waals surface area contributed by atoms with E-state index in [0.717, 1.165) is 17.1 Å². The average molecular weight is 320 g/mol. The highest BCUT2D eigenvalue weighted by Gasteiger charge is 2.33. The number of allylic oxidation sites excluding steroid dienone is 1. The molecule has 0 bridgehead atoms. The number of benzene rings is 1. The maximum atomic E-state index is 12.9. The zero-order valence-corrected chi connectivity index (χ0v) is 13.0. The van der Waals surface area contributed by atoms with Crippen LogP contribution in [0.5, 0.6) is 0 Å². The van der Waals surface area contributed by atoms with E-state index in [4.69, 9.17) is 0 Å². The second-order valence-corrected chi connectivity index (χ2v) is 5.54. The highest BCUT2D eigenvalue weighted by atomic mass is 16.1. The summed E-state index contributed by atoms with van der Waals surface area (Å²) in [5.74, 6) is 0.440. The quantitative estimate of drug-likeness (QED) is 0.692. The Balaban J connectivity index is 1.75. The first kappa shape index (κ1) is 14.3. The van der Waals surface area contributed by atoms with Crippen molar-refractivity contribution in [1.82, 2.24) is 19.7 Å². The Morgan fingerprint density at radius 1 is 1.21 bits per heavy atom. The molecule has 24 heavy (non-hydrogen) atoms. The molecule has 0 saturated carbocycles. The van der Waals surface area contributed by atoms with E-state index in [9.17, 15) is 4.79 Å². The number of amides is 1. The van der Waals surface area contributed by atoms with Crippen LogP contribution in [0.2, 0.25) is 0 Å². The van der Waals surface area contributed by atoms with Gasteiger partial charge in [0.2, 0.25) is 5.95 Å². The van der Waals surface area contributed by atoms with Gasteiger partial charge in [-0.25, -0.2) is 4.68 Å². The van der Waals surface area contributed by atoms with Crippen molar-refractivity contribution in [2.75, 3.05) is 10.6 Å². The Kier molecular flexibility index (Phi) is 3.38. The number of nitrogens with zero attached hydrogens (tertiary/aromatic N) is 3. The Morgan fingerprint density at radius 3 is 2.79 bits per heavy atom. The lowest BCUT2D eigenvalue weighted by Gasteiger charge is -2.27. The summed E-state index contributed by atoms with van der Waals surface area (Å²) >= 11 is 0. The summed E-state index contributed by atoms with van der Waals surface area (Å²) in [6.45, 7) is 1.87. The molecule has 1 amide bonds. The highest BCUT2D eigenvalue weighted by Crippen LogP contribution is 2.34. The summed E-state index contributed by atoms with van der Waals surface area (Å²) < 4.78 is 1.71. The monoisotopic (exact) mass is 320 g/mol. The van der Waals surface area contributed by atoms with Gasteiger partial charge in [-0.1, -0.05) is 18.2 Å². The molecule has 0 unspecified atom stereocenters. The first-order valence-electron chi connectivity index (χ1n) is 7.61. The second-order valence-electron chi connectivity index (χ2n) is 5.54. The van der Waals surface area contributed by atoms with Crippen LogP contribution in [0.4, 0.5) is 11.6 Å². The minimum Gasteiger partial charge on any atom is -0.363 e. The van der Waals surface area contributed by atoms with Gasteiger partial charge < -0.3 is 15.6 Å². The van der Waals surface area contributed by atoms with Crippen LogP contribution in [0.3, 0.4) is 0 Å². The molecule has 0 aliphatic carbocycles. The molecule has 0 saturated heterocycles. The third-order valence-electron chi connectivity index (χ3n) is 3.99. The predicted molar refractivity (Wildman–Crippen MR) is 90.3 cm³/mol. The maximum absolute atomic E-state index is 12.9. The van der Waals surface area contributed by atoms with Gasteiger partial charge in [0.25, 0.3) is 5.91 Å². The third-order valence-corrected chi connectivity index (χ3v) is 3.99. The van der Waals surface area contributed by atoms with Crippen molar-refractivity contribution in [3.8, 4) is 0 Å². The van der Waals surface area contributed by atoms with Crippen molar-refractivity contribution < 1.29 is 4.79 Å². The first-order chi connectivity index (χ1) is 11.7. The minimum atomic E-state index is -0.359. The molecule has 0 radical (unpaired) electrons. The highest BCUT2D eigenvalue weighted by molar-refractivity contribution is 6.05. The molecule has 4 rings (SSSR count). The van der Waals surface area contributed by atoms with E-state index in [-0.39, 0.29) is 11.9 Å². The number of hydrogen-bond donors (Lipinski definition) is 3. The Bertz CT molecular complexity index is 894. The van der Waals surface area contributed by atoms with E-state index in [2.05, 4.69) is 25.7 Å². The number of para-hydroxylation sites is 1. The summed E-state index contributed by atoms with van der Waals surface area (Å²) in [4.78, 5) is 20.3. The van der Waals surface area contributed by atoms with Gasteiger partial charge in [-0.3, -0.25) is 4.79 Å². The molecule has 1 atom stereocenters. The Hall–Kier alpha value is -3.35. The number of carbonyl (C=O) groups excluding carboxylic acids is 1. The first-order valence-corrected chi connectivity index (χ1v) is 7.61. The fourth-order valence-electron chi connectivity index (χ4n) is 2.91. The number of carbonyl (C=O) groups is 1. The standard InChI is InChI=1S/C17H16N6O/c1-11-14(16(24)22-12-6-3-2-4-7-12)15(13-8-5-9-18-13)23-17(21-11)19-10-20-23/h2-10,15,18H,1H3,(H,22,24)(H,19,20,21)/t15-/m1/s1. The van der Waals surface area contributed by atoms with Crippen LogP contribution in [0.1, 0.15) is 18.7 Å². The fraction of sp³-hybridized carbons (Fsp3) is 0.118. The Morgan fingerprint density at radius 2 is 2.04 bits per heavy atom. The summed E-state index contributed by atoms with van der Waals surface area (Å²) in [5.41, 5.74) is 2.97. The van der Waals surface area contributed by atoms with Crippen LogP contribution in [0.25, 0.3) is 0 Å². The number of hydrogen-bond acceptors (Lipinski definition) is 4. The van der Waals surface area contributed by atoms with Gasteiger partial charge in [0.15, 0.2) is 0 Å². The van der Waals surface area contributed by atoms with Crippen molar-refractivity contribution in [1.29, 1.82) is 0 Å². The number of nitrogens with one attached hydrogen (secondary N) is 3. The van der Waals surface area contributed by atoms with Gasteiger partial charge in [0.05, 0.1) is 5.57 Å². The molecule has 1 aromatic carbocycles. The van der Waals surface area contributed by atoms with Crippen LogP contribution >= 0.6 is 0 Å². The molecule has 3 heterocycles. The minimum absolute atomic E-state index is 0.174. The lowest BCUT2D eigenvalue weighted by Crippen LogP contribution is -2.31. The molecule has 3 aromatic rings. The molecule has 7 nitrogen and oxygen atoms in total. The van der Waals surface area contributed by atoms with Gasteiger partial charge in [0.1, 0.15) is 12.4 Å². The molecule has 0 fully saturated rings. The number of aromatic nitrogens is 4. The molecule has 0 spiro atoms. The van der Waals surface area contributed by atoms with Crippen LogP contribution in [0.15, 0.2) is 66.3 Å². The number of fused-ring (bicyclic) bond motifs is 1. The molecule has 1 aliphatic rings. The average Bonchev–Trinajstić information content (AvgIpc) is 3.25. The molecule has 7 heteroatoms. The van der Waals surface area contributed by atoms with Crippen LogP contribution in [-0.2, 0) is 4.79 Å². The van der Waals surface area contributed by atoms with E-state index in [0.29, 0.717) is 11.5 Å².